The molecule has 0 unspecified atom stereocenters. The first-order chi connectivity index (χ1) is 8.22. The number of halogens is 1. The van der Waals surface area contributed by atoms with Crippen LogP contribution < -0.4 is 5.32 Å². The zero-order chi connectivity index (χ0) is 12.3. The van der Waals surface area contributed by atoms with Crippen LogP contribution in [0.3, 0.4) is 0 Å². The summed E-state index contributed by atoms with van der Waals surface area (Å²) in [6.07, 6.45) is 0. The molecule has 17 heavy (non-hydrogen) atoms. The predicted molar refractivity (Wildman–Crippen MR) is 64.7 cm³/mol. The van der Waals surface area contributed by atoms with Crippen LogP contribution in [0.2, 0.25) is 5.15 Å². The van der Waals surface area contributed by atoms with Gasteiger partial charge in [0, 0.05) is 5.39 Å². The third kappa shape index (κ3) is 2.35. The van der Waals surface area contributed by atoms with E-state index < -0.39 is 5.91 Å². The summed E-state index contributed by atoms with van der Waals surface area (Å²) in [5, 5.41) is 12.7. The number of hydrogen-bond acceptors (Lipinski definition) is 3. The van der Waals surface area contributed by atoms with Crippen LogP contribution in [-0.4, -0.2) is 17.4 Å². The Kier molecular flexibility index (Phi) is 3.22. The van der Waals surface area contributed by atoms with Crippen molar-refractivity contribution in [1.29, 1.82) is 5.26 Å². The first kappa shape index (κ1) is 11.4. The van der Waals surface area contributed by atoms with Crippen molar-refractivity contribution in [2.24, 2.45) is 0 Å². The molecule has 1 amide bonds. The maximum atomic E-state index is 11.6. The molecule has 0 radical (unpaired) electrons. The van der Waals surface area contributed by atoms with Crippen LogP contribution in [0.1, 0.15) is 10.5 Å². The number of hydrogen-bond donors (Lipinski definition) is 1. The van der Waals surface area contributed by atoms with E-state index in [2.05, 4.69) is 10.3 Å². The number of pyridine rings is 1. The number of nitrogens with one attached hydrogen (secondary N) is 1. The van der Waals surface area contributed by atoms with Crippen LogP contribution in [0, 0.1) is 11.3 Å². The van der Waals surface area contributed by atoms with Crippen molar-refractivity contribution in [2.45, 2.75) is 0 Å². The fraction of sp³-hybridized carbons (Fsp3) is 0.0833. The van der Waals surface area contributed by atoms with Crippen molar-refractivity contribution < 1.29 is 4.79 Å². The van der Waals surface area contributed by atoms with E-state index in [1.807, 2.05) is 30.3 Å². The van der Waals surface area contributed by atoms with E-state index in [4.69, 9.17) is 16.9 Å². The van der Waals surface area contributed by atoms with Crippen LogP contribution in [0.15, 0.2) is 30.3 Å². The molecule has 0 bridgehead atoms. The van der Waals surface area contributed by atoms with Crippen LogP contribution in [0.25, 0.3) is 10.8 Å². The van der Waals surface area contributed by atoms with Gasteiger partial charge in [0.15, 0.2) is 0 Å². The number of nitrogens with zero attached hydrogens (tertiary/aromatic N) is 2. The van der Waals surface area contributed by atoms with Gasteiger partial charge in [0.2, 0.25) is 0 Å². The van der Waals surface area contributed by atoms with Crippen molar-refractivity contribution in [2.75, 3.05) is 6.54 Å². The van der Waals surface area contributed by atoms with Crippen LogP contribution >= 0.6 is 11.6 Å². The largest absolute Gasteiger partial charge is 0.338 e. The lowest BCUT2D eigenvalue weighted by Gasteiger charge is -2.04. The summed E-state index contributed by atoms with van der Waals surface area (Å²) in [6, 6.07) is 10.9. The molecule has 4 nitrogen and oxygen atoms in total. The number of aromatic nitrogens is 1. The van der Waals surface area contributed by atoms with Gasteiger partial charge in [-0.15, -0.1) is 0 Å². The number of nitriles is 1. The Bertz CT molecular complexity index is 619. The maximum Gasteiger partial charge on any atom is 0.270 e. The molecule has 0 saturated heterocycles. The number of carbonyl (C=O) groups excluding carboxylic acids is 1. The Hall–Kier alpha value is -2.12. The van der Waals surface area contributed by atoms with Crippen LogP contribution in [0.5, 0.6) is 0 Å². The van der Waals surface area contributed by atoms with Crippen LogP contribution in [-0.2, 0) is 0 Å². The minimum atomic E-state index is -0.404. The summed E-state index contributed by atoms with van der Waals surface area (Å²) in [5.41, 5.74) is 0.212. The number of carbonyl (C=O) groups is 1. The van der Waals surface area contributed by atoms with Gasteiger partial charge in [0.25, 0.3) is 5.91 Å². The number of amides is 1. The minimum Gasteiger partial charge on any atom is -0.338 e. The molecule has 5 heteroatoms. The number of rotatable bonds is 2. The van der Waals surface area contributed by atoms with Gasteiger partial charge in [-0.1, -0.05) is 35.9 Å². The molecule has 0 aliphatic heterocycles. The highest BCUT2D eigenvalue weighted by atomic mass is 35.5. The standard InChI is InChI=1S/C12H8ClN3O/c13-11-9-4-2-1-3-8(9)7-10(16-11)12(17)15-6-5-14/h1-4,7H,6H2,(H,15,17). The van der Waals surface area contributed by atoms with Crippen molar-refractivity contribution in [1.82, 2.24) is 10.3 Å². The van der Waals surface area contributed by atoms with E-state index in [1.165, 1.54) is 0 Å². The van der Waals surface area contributed by atoms with Crippen LogP contribution in [0.4, 0.5) is 0 Å². The molecule has 0 aliphatic carbocycles. The number of benzene rings is 1. The second kappa shape index (κ2) is 4.81. The summed E-state index contributed by atoms with van der Waals surface area (Å²) in [7, 11) is 0. The summed E-state index contributed by atoms with van der Waals surface area (Å²) in [5.74, 6) is -0.404. The lowest BCUT2D eigenvalue weighted by Crippen LogP contribution is -2.24. The van der Waals surface area contributed by atoms with E-state index >= 15 is 0 Å². The van der Waals surface area contributed by atoms with Crippen molar-refractivity contribution >= 4 is 28.3 Å². The molecule has 0 atom stereocenters. The Labute approximate surface area is 103 Å². The Morgan fingerprint density at radius 2 is 2.24 bits per heavy atom. The normalized spacial score (nSPS) is 9.88. The van der Waals surface area contributed by atoms with E-state index in [0.29, 0.717) is 0 Å². The number of fused-ring (bicyclic) bond motifs is 1. The minimum absolute atomic E-state index is 0.0506. The second-order valence-corrected chi connectivity index (χ2v) is 3.72. The molecule has 1 heterocycles. The molecule has 1 N–H and O–H groups in total. The molecule has 84 valence electrons. The van der Waals surface area contributed by atoms with Gasteiger partial charge < -0.3 is 5.32 Å². The third-order valence-electron chi connectivity index (χ3n) is 2.25. The van der Waals surface area contributed by atoms with Gasteiger partial charge in [-0.2, -0.15) is 5.26 Å². The van der Waals surface area contributed by atoms with Gasteiger partial charge in [-0.25, -0.2) is 4.98 Å². The zero-order valence-corrected chi connectivity index (χ0v) is 9.53. The summed E-state index contributed by atoms with van der Waals surface area (Å²) < 4.78 is 0. The first-order valence-corrected chi connectivity index (χ1v) is 5.30. The quantitative estimate of drug-likeness (QED) is 0.651. The fourth-order valence-corrected chi connectivity index (χ4v) is 1.75. The summed E-state index contributed by atoms with van der Waals surface area (Å²) in [6.45, 7) is -0.0506. The Morgan fingerprint density at radius 1 is 1.47 bits per heavy atom. The molecule has 0 spiro atoms. The van der Waals surface area contributed by atoms with E-state index in [9.17, 15) is 4.79 Å². The molecule has 1 aromatic carbocycles. The average Bonchev–Trinajstić information content (AvgIpc) is 2.36. The summed E-state index contributed by atoms with van der Waals surface area (Å²) in [4.78, 5) is 15.6. The molecule has 2 aromatic rings. The van der Waals surface area contributed by atoms with Gasteiger partial charge in [-0.05, 0) is 11.5 Å². The van der Waals surface area contributed by atoms with Crippen molar-refractivity contribution in [3.05, 3.63) is 41.2 Å². The van der Waals surface area contributed by atoms with E-state index in [1.54, 1.807) is 6.07 Å². The summed E-state index contributed by atoms with van der Waals surface area (Å²) >= 11 is 5.98. The van der Waals surface area contributed by atoms with E-state index in [-0.39, 0.29) is 17.4 Å². The molecule has 0 saturated carbocycles. The molecular formula is C12H8ClN3O. The Morgan fingerprint density at radius 3 is 3.00 bits per heavy atom. The average molecular weight is 246 g/mol. The Balaban J connectivity index is 2.43. The first-order valence-electron chi connectivity index (χ1n) is 4.93. The van der Waals surface area contributed by atoms with Gasteiger partial charge in [0.1, 0.15) is 17.4 Å². The van der Waals surface area contributed by atoms with E-state index in [0.717, 1.165) is 10.8 Å². The monoisotopic (exact) mass is 245 g/mol. The molecule has 0 fully saturated rings. The maximum absolute atomic E-state index is 11.6. The smallest absolute Gasteiger partial charge is 0.270 e. The van der Waals surface area contributed by atoms with Gasteiger partial charge in [0.05, 0.1) is 6.07 Å². The molecule has 1 aromatic heterocycles. The lowest BCUT2D eigenvalue weighted by molar-refractivity contribution is 0.0954. The highest BCUT2D eigenvalue weighted by molar-refractivity contribution is 6.34. The highest BCUT2D eigenvalue weighted by Gasteiger charge is 2.10. The molecule has 2 rings (SSSR count). The topological polar surface area (TPSA) is 65.8 Å². The molecule has 0 aliphatic rings. The molecular weight excluding hydrogens is 238 g/mol. The SMILES string of the molecule is N#CCNC(=O)c1cc2ccccc2c(Cl)n1. The second-order valence-electron chi connectivity index (χ2n) is 3.36. The van der Waals surface area contributed by atoms with Crippen molar-refractivity contribution in [3.8, 4) is 6.07 Å². The highest BCUT2D eigenvalue weighted by Crippen LogP contribution is 2.22. The zero-order valence-electron chi connectivity index (χ0n) is 8.77. The lowest BCUT2D eigenvalue weighted by atomic mass is 10.1. The van der Waals surface area contributed by atoms with Gasteiger partial charge in [-0.3, -0.25) is 4.79 Å². The predicted octanol–water partition coefficient (Wildman–Crippen LogP) is 2.14. The fourth-order valence-electron chi connectivity index (χ4n) is 1.48. The third-order valence-corrected chi connectivity index (χ3v) is 2.54. The van der Waals surface area contributed by atoms with Crippen molar-refractivity contribution in [3.63, 3.8) is 0 Å². The van der Waals surface area contributed by atoms with Gasteiger partial charge >= 0.3 is 0 Å².